The molecule has 0 radical (unpaired) electrons. The van der Waals surface area contributed by atoms with E-state index in [4.69, 9.17) is 10.00 Å². The zero-order valence-corrected chi connectivity index (χ0v) is 19.9. The molecule has 0 aliphatic carbocycles. The van der Waals surface area contributed by atoms with Gasteiger partial charge in [-0.3, -0.25) is 9.11 Å². The molecule has 2 aliphatic heterocycles. The summed E-state index contributed by atoms with van der Waals surface area (Å²) in [5.41, 5.74) is 2.03. The highest BCUT2D eigenvalue weighted by Gasteiger charge is 2.41. The van der Waals surface area contributed by atoms with Crippen LogP contribution in [0.3, 0.4) is 0 Å². The van der Waals surface area contributed by atoms with E-state index in [1.807, 2.05) is 43.3 Å². The number of hydrogen-bond donors (Lipinski definition) is 2. The number of rotatable bonds is 6. The predicted molar refractivity (Wildman–Crippen MR) is 129 cm³/mol. The van der Waals surface area contributed by atoms with Gasteiger partial charge in [0.2, 0.25) is 0 Å². The molecule has 2 aromatic rings. The van der Waals surface area contributed by atoms with Crippen LogP contribution in [0.1, 0.15) is 67.4 Å². The largest absolute Gasteiger partial charge is 0.381 e. The lowest BCUT2D eigenvalue weighted by molar-refractivity contribution is 0.0471. The molecule has 0 amide bonds. The Morgan fingerprint density at radius 3 is 2.55 bits per heavy atom. The molecular formula is C26H33FN2O3S. The Kier molecular flexibility index (Phi) is 7.42. The second-order valence-corrected chi connectivity index (χ2v) is 11.5. The molecule has 0 saturated carbocycles. The molecule has 2 N–H and O–H groups in total. The topological polar surface area (TPSA) is 76.7 Å². The number of halogens is 1. The van der Waals surface area contributed by atoms with E-state index in [0.29, 0.717) is 38.0 Å². The first-order chi connectivity index (χ1) is 15.9. The van der Waals surface area contributed by atoms with E-state index in [-0.39, 0.29) is 29.1 Å². The minimum Gasteiger partial charge on any atom is -0.381 e. The molecule has 2 heterocycles. The fourth-order valence-corrected chi connectivity index (χ4v) is 7.57. The third-order valence-electron chi connectivity index (χ3n) is 7.39. The summed E-state index contributed by atoms with van der Waals surface area (Å²) in [7, 11) is -3.12. The fraction of sp³-hybridized carbons (Fsp3) is 0.500. The Morgan fingerprint density at radius 2 is 1.88 bits per heavy atom. The highest BCUT2D eigenvalue weighted by atomic mass is 32.3. The summed E-state index contributed by atoms with van der Waals surface area (Å²) >= 11 is 0. The van der Waals surface area contributed by atoms with Crippen molar-refractivity contribution < 1.29 is 18.2 Å². The zero-order valence-electron chi connectivity index (χ0n) is 19.1. The SMILES string of the molecule is C[C@H]1CC[C@H](c2ccccc2)S(O)(O)N1Cc1ccc(C2(CCC#N)CCOCC2)cc1F. The summed E-state index contributed by atoms with van der Waals surface area (Å²) < 4.78 is 45.1. The van der Waals surface area contributed by atoms with Gasteiger partial charge < -0.3 is 4.74 Å². The van der Waals surface area contributed by atoms with Gasteiger partial charge in [-0.2, -0.15) is 9.57 Å². The lowest BCUT2D eigenvalue weighted by Gasteiger charge is -2.54. The van der Waals surface area contributed by atoms with Crippen molar-refractivity contribution in [1.29, 1.82) is 5.26 Å². The summed E-state index contributed by atoms with van der Waals surface area (Å²) in [5.74, 6) is -0.334. The van der Waals surface area contributed by atoms with E-state index in [1.54, 1.807) is 16.4 Å². The maximum atomic E-state index is 15.4. The summed E-state index contributed by atoms with van der Waals surface area (Å²) in [6.07, 6.45) is 4.16. The van der Waals surface area contributed by atoms with Gasteiger partial charge in [-0.05, 0) is 56.2 Å². The second kappa shape index (κ2) is 10.1. The van der Waals surface area contributed by atoms with Gasteiger partial charge in [0.15, 0.2) is 0 Å². The first-order valence-electron chi connectivity index (χ1n) is 11.7. The lowest BCUT2D eigenvalue weighted by atomic mass is 9.71. The molecule has 0 bridgehead atoms. The van der Waals surface area contributed by atoms with E-state index in [9.17, 15) is 9.11 Å². The lowest BCUT2D eigenvalue weighted by Crippen LogP contribution is -2.41. The van der Waals surface area contributed by atoms with E-state index in [1.165, 1.54) is 0 Å². The summed E-state index contributed by atoms with van der Waals surface area (Å²) in [5, 5.41) is 8.73. The van der Waals surface area contributed by atoms with Crippen LogP contribution in [0.25, 0.3) is 0 Å². The van der Waals surface area contributed by atoms with Crippen molar-refractivity contribution in [3.8, 4) is 6.07 Å². The fourth-order valence-electron chi connectivity index (χ4n) is 5.30. The maximum Gasteiger partial charge on any atom is 0.128 e. The second-order valence-electron chi connectivity index (χ2n) is 9.32. The van der Waals surface area contributed by atoms with Crippen molar-refractivity contribution in [1.82, 2.24) is 4.31 Å². The molecule has 2 saturated heterocycles. The highest BCUT2D eigenvalue weighted by Crippen LogP contribution is 2.63. The molecule has 2 atom stereocenters. The third kappa shape index (κ3) is 4.96. The number of ether oxygens (including phenoxy) is 1. The monoisotopic (exact) mass is 472 g/mol. The normalized spacial score (nSPS) is 25.8. The molecule has 2 aromatic carbocycles. The van der Waals surface area contributed by atoms with Crippen LogP contribution < -0.4 is 0 Å². The molecule has 0 spiro atoms. The van der Waals surface area contributed by atoms with Crippen LogP contribution in [0.5, 0.6) is 0 Å². The van der Waals surface area contributed by atoms with Crippen molar-refractivity contribution in [2.75, 3.05) is 13.2 Å². The van der Waals surface area contributed by atoms with Crippen LogP contribution in [-0.4, -0.2) is 32.7 Å². The van der Waals surface area contributed by atoms with Crippen LogP contribution in [0, 0.1) is 17.1 Å². The molecule has 7 heteroatoms. The Hall–Kier alpha value is -1.95. The van der Waals surface area contributed by atoms with Gasteiger partial charge >= 0.3 is 0 Å². The number of hydrogen-bond acceptors (Lipinski definition) is 5. The van der Waals surface area contributed by atoms with Crippen LogP contribution in [0.4, 0.5) is 4.39 Å². The van der Waals surface area contributed by atoms with Gasteiger partial charge in [0, 0.05) is 43.2 Å². The Morgan fingerprint density at radius 1 is 1.15 bits per heavy atom. The molecule has 0 unspecified atom stereocenters. The third-order valence-corrected chi connectivity index (χ3v) is 9.84. The first kappa shape index (κ1) is 24.2. The molecule has 4 rings (SSSR count). The smallest absolute Gasteiger partial charge is 0.128 e. The van der Waals surface area contributed by atoms with Crippen LogP contribution >= 0.6 is 10.8 Å². The minimum atomic E-state index is -3.12. The van der Waals surface area contributed by atoms with Gasteiger partial charge in [-0.1, -0.05) is 42.5 Å². The quantitative estimate of drug-likeness (QED) is 0.497. The summed E-state index contributed by atoms with van der Waals surface area (Å²) in [6, 6.07) is 17.1. The first-order valence-corrected chi connectivity index (χ1v) is 13.3. The summed E-state index contributed by atoms with van der Waals surface area (Å²) in [6.45, 7) is 3.34. The van der Waals surface area contributed by atoms with E-state index >= 15 is 4.39 Å². The molecule has 5 nitrogen and oxygen atoms in total. The van der Waals surface area contributed by atoms with Gasteiger partial charge in [-0.25, -0.2) is 4.39 Å². The standard InChI is InChI=1S/C26H33FN2O3S/c1-20-8-11-25(21-6-3-2-4-7-21)33(30,31)29(20)19-22-9-10-23(18-24(22)27)26(12-5-15-28)13-16-32-17-14-26/h2-4,6-7,9-10,18,20,25,30-31H,5,8,11-14,16-17,19H2,1H3/t20-,25+/m0/s1. The van der Waals surface area contributed by atoms with Crippen molar-refractivity contribution >= 4 is 10.8 Å². The van der Waals surface area contributed by atoms with Gasteiger partial charge in [-0.15, -0.1) is 10.8 Å². The Bertz CT molecular complexity index is 989. The molecular weight excluding hydrogens is 439 g/mol. The van der Waals surface area contributed by atoms with E-state index < -0.39 is 10.8 Å². The van der Waals surface area contributed by atoms with Crippen LogP contribution in [0.15, 0.2) is 48.5 Å². The van der Waals surface area contributed by atoms with E-state index in [0.717, 1.165) is 30.4 Å². The number of nitriles is 1. The molecule has 178 valence electrons. The molecule has 2 aliphatic rings. The van der Waals surface area contributed by atoms with Gasteiger partial charge in [0.05, 0.1) is 11.3 Å². The Balaban J connectivity index is 1.59. The predicted octanol–water partition coefficient (Wildman–Crippen LogP) is 6.57. The van der Waals surface area contributed by atoms with Crippen molar-refractivity contribution in [2.45, 2.75) is 68.7 Å². The average molecular weight is 473 g/mol. The number of nitrogens with zero attached hydrogens (tertiary/aromatic N) is 2. The minimum absolute atomic E-state index is 0.0634. The molecule has 33 heavy (non-hydrogen) atoms. The summed E-state index contributed by atoms with van der Waals surface area (Å²) in [4.78, 5) is 0. The maximum absolute atomic E-state index is 15.4. The van der Waals surface area contributed by atoms with E-state index in [2.05, 4.69) is 6.07 Å². The Labute approximate surface area is 197 Å². The highest BCUT2D eigenvalue weighted by molar-refractivity contribution is 8.22. The average Bonchev–Trinajstić information content (AvgIpc) is 2.82. The van der Waals surface area contributed by atoms with Gasteiger partial charge in [0.1, 0.15) is 5.82 Å². The molecule has 0 aromatic heterocycles. The van der Waals surface area contributed by atoms with Crippen molar-refractivity contribution in [3.63, 3.8) is 0 Å². The molecule has 2 fully saturated rings. The van der Waals surface area contributed by atoms with Crippen LogP contribution in [0.2, 0.25) is 0 Å². The zero-order chi connectivity index (χ0) is 23.5. The van der Waals surface area contributed by atoms with Crippen LogP contribution in [-0.2, 0) is 16.7 Å². The van der Waals surface area contributed by atoms with Crippen molar-refractivity contribution in [3.05, 3.63) is 71.0 Å². The number of benzene rings is 2. The van der Waals surface area contributed by atoms with Gasteiger partial charge in [0.25, 0.3) is 0 Å². The van der Waals surface area contributed by atoms with Crippen molar-refractivity contribution in [2.24, 2.45) is 0 Å².